The molecule has 0 heterocycles. The molecule has 92 valence electrons. The zero-order valence-corrected chi connectivity index (χ0v) is 12.4. The highest BCUT2D eigenvalue weighted by Gasteiger charge is 2.10. The number of nitrogens with one attached hydrogen (secondary N) is 1. The van der Waals surface area contributed by atoms with Crippen molar-refractivity contribution in [2.24, 2.45) is 0 Å². The summed E-state index contributed by atoms with van der Waals surface area (Å²) in [6.07, 6.45) is 2.01. The summed E-state index contributed by atoms with van der Waals surface area (Å²) >= 11 is 3.59. The molecule has 1 unspecified atom stereocenters. The fourth-order valence-electron chi connectivity index (χ4n) is 1.66. The highest BCUT2D eigenvalue weighted by atomic mass is 79.9. The molecule has 0 saturated heterocycles. The van der Waals surface area contributed by atoms with Crippen molar-refractivity contribution >= 4 is 15.9 Å². The van der Waals surface area contributed by atoms with Crippen LogP contribution in [0.15, 0.2) is 22.7 Å². The molecule has 0 aliphatic carbocycles. The Morgan fingerprint density at radius 2 is 2.18 bits per heavy atom. The van der Waals surface area contributed by atoms with Crippen LogP contribution in [0.3, 0.4) is 0 Å². The Kier molecular flexibility index (Phi) is 6.32. The summed E-state index contributed by atoms with van der Waals surface area (Å²) in [5.74, 6) is 6.13. The van der Waals surface area contributed by atoms with Crippen LogP contribution < -0.4 is 5.32 Å². The van der Waals surface area contributed by atoms with Gasteiger partial charge in [0.1, 0.15) is 0 Å². The van der Waals surface area contributed by atoms with E-state index in [0.29, 0.717) is 6.04 Å². The average molecular weight is 294 g/mol. The summed E-state index contributed by atoms with van der Waals surface area (Å²) in [5, 5.41) is 3.54. The molecule has 1 nitrogen and oxygen atoms in total. The summed E-state index contributed by atoms with van der Waals surface area (Å²) in [7, 11) is 0. The Hall–Kier alpha value is -0.780. The van der Waals surface area contributed by atoms with Gasteiger partial charge in [-0.15, -0.1) is 11.8 Å². The molecule has 1 aromatic rings. The van der Waals surface area contributed by atoms with E-state index in [1.165, 1.54) is 15.6 Å². The van der Waals surface area contributed by atoms with Crippen molar-refractivity contribution < 1.29 is 0 Å². The molecule has 0 aliphatic heterocycles. The van der Waals surface area contributed by atoms with Gasteiger partial charge in [0.2, 0.25) is 0 Å². The molecule has 17 heavy (non-hydrogen) atoms. The van der Waals surface area contributed by atoms with Crippen LogP contribution >= 0.6 is 15.9 Å². The van der Waals surface area contributed by atoms with Crippen LogP contribution in [0.5, 0.6) is 0 Å². The molecule has 1 atom stereocenters. The molecule has 2 heteroatoms. The fraction of sp³-hybridized carbons (Fsp3) is 0.467. The molecule has 1 N–H and O–H groups in total. The van der Waals surface area contributed by atoms with E-state index in [2.05, 4.69) is 65.1 Å². The second kappa shape index (κ2) is 7.53. The number of halogens is 1. The van der Waals surface area contributed by atoms with Gasteiger partial charge in [-0.25, -0.2) is 0 Å². The average Bonchev–Trinajstić information content (AvgIpc) is 2.33. The third kappa shape index (κ3) is 4.53. The normalized spacial score (nSPS) is 11.8. The SMILES string of the molecule is CC#CCC(NCCC)c1ccc(C)c(Br)c1. The smallest absolute Gasteiger partial charge is 0.0431 e. The molecule has 0 bridgehead atoms. The van der Waals surface area contributed by atoms with E-state index in [9.17, 15) is 0 Å². The van der Waals surface area contributed by atoms with Gasteiger partial charge in [-0.3, -0.25) is 0 Å². The van der Waals surface area contributed by atoms with Crippen LogP contribution in [0.25, 0.3) is 0 Å². The van der Waals surface area contributed by atoms with Crippen molar-refractivity contribution in [3.05, 3.63) is 33.8 Å². The van der Waals surface area contributed by atoms with Gasteiger partial charge in [-0.2, -0.15) is 0 Å². The number of rotatable bonds is 5. The Labute approximate surface area is 113 Å². The fourth-order valence-corrected chi connectivity index (χ4v) is 2.05. The van der Waals surface area contributed by atoms with E-state index >= 15 is 0 Å². The van der Waals surface area contributed by atoms with E-state index in [1.54, 1.807) is 0 Å². The van der Waals surface area contributed by atoms with Crippen molar-refractivity contribution in [2.75, 3.05) is 6.54 Å². The van der Waals surface area contributed by atoms with Crippen molar-refractivity contribution in [2.45, 2.75) is 39.7 Å². The van der Waals surface area contributed by atoms with Crippen LogP contribution in [0.2, 0.25) is 0 Å². The monoisotopic (exact) mass is 293 g/mol. The lowest BCUT2D eigenvalue weighted by Crippen LogP contribution is -2.21. The standard InChI is InChI=1S/C15H20BrN/c1-4-6-7-15(17-10-5-2)13-9-8-12(3)14(16)11-13/h8-9,11,15,17H,5,7,10H2,1-3H3. The van der Waals surface area contributed by atoms with Crippen molar-refractivity contribution in [3.63, 3.8) is 0 Å². The van der Waals surface area contributed by atoms with Gasteiger partial charge < -0.3 is 5.32 Å². The Morgan fingerprint density at radius 1 is 1.41 bits per heavy atom. The van der Waals surface area contributed by atoms with Crippen molar-refractivity contribution in [3.8, 4) is 11.8 Å². The van der Waals surface area contributed by atoms with Gasteiger partial charge in [-0.05, 0) is 44.0 Å². The molecular formula is C15H20BrN. The molecule has 0 saturated carbocycles. The van der Waals surface area contributed by atoms with Gasteiger partial charge in [0.25, 0.3) is 0 Å². The van der Waals surface area contributed by atoms with Gasteiger partial charge in [-0.1, -0.05) is 35.0 Å². The largest absolute Gasteiger partial charge is 0.309 e. The minimum absolute atomic E-state index is 0.333. The highest BCUT2D eigenvalue weighted by Crippen LogP contribution is 2.23. The van der Waals surface area contributed by atoms with Crippen LogP contribution in [0.4, 0.5) is 0 Å². The maximum absolute atomic E-state index is 3.59. The maximum atomic E-state index is 3.59. The predicted octanol–water partition coefficient (Wildman–Crippen LogP) is 4.21. The molecule has 1 aromatic carbocycles. The lowest BCUT2D eigenvalue weighted by molar-refractivity contribution is 0.542. The predicted molar refractivity (Wildman–Crippen MR) is 78.0 cm³/mol. The second-order valence-corrected chi connectivity index (χ2v) is 5.00. The summed E-state index contributed by atoms with van der Waals surface area (Å²) < 4.78 is 1.17. The molecule has 0 aromatic heterocycles. The first-order valence-electron chi connectivity index (χ1n) is 6.08. The zero-order chi connectivity index (χ0) is 12.7. The Morgan fingerprint density at radius 3 is 2.76 bits per heavy atom. The highest BCUT2D eigenvalue weighted by molar-refractivity contribution is 9.10. The van der Waals surface area contributed by atoms with E-state index in [0.717, 1.165) is 19.4 Å². The maximum Gasteiger partial charge on any atom is 0.0431 e. The molecule has 0 aliphatic rings. The summed E-state index contributed by atoms with van der Waals surface area (Å²) in [4.78, 5) is 0. The topological polar surface area (TPSA) is 12.0 Å². The lowest BCUT2D eigenvalue weighted by atomic mass is 10.0. The number of hydrogen-bond acceptors (Lipinski definition) is 1. The number of hydrogen-bond donors (Lipinski definition) is 1. The Bertz CT molecular complexity index is 415. The van der Waals surface area contributed by atoms with Gasteiger partial charge in [0.15, 0.2) is 0 Å². The minimum Gasteiger partial charge on any atom is -0.309 e. The summed E-state index contributed by atoms with van der Waals surface area (Å²) in [6.45, 7) is 7.21. The number of aryl methyl sites for hydroxylation is 1. The van der Waals surface area contributed by atoms with Gasteiger partial charge >= 0.3 is 0 Å². The van der Waals surface area contributed by atoms with Crippen molar-refractivity contribution in [1.29, 1.82) is 0 Å². The third-order valence-corrected chi connectivity index (χ3v) is 3.58. The molecule has 0 amide bonds. The third-order valence-electron chi connectivity index (χ3n) is 2.72. The summed E-state index contributed by atoms with van der Waals surface area (Å²) in [5.41, 5.74) is 2.57. The van der Waals surface area contributed by atoms with E-state index in [1.807, 2.05) is 6.92 Å². The molecule has 0 spiro atoms. The number of benzene rings is 1. The molecular weight excluding hydrogens is 274 g/mol. The molecule has 1 rings (SSSR count). The summed E-state index contributed by atoms with van der Waals surface area (Å²) in [6, 6.07) is 6.86. The minimum atomic E-state index is 0.333. The van der Waals surface area contributed by atoms with E-state index < -0.39 is 0 Å². The molecule has 0 fully saturated rings. The quantitative estimate of drug-likeness (QED) is 0.802. The zero-order valence-electron chi connectivity index (χ0n) is 10.8. The first kappa shape index (κ1) is 14.3. The van der Waals surface area contributed by atoms with E-state index in [4.69, 9.17) is 0 Å². The second-order valence-electron chi connectivity index (χ2n) is 4.15. The Balaban J connectivity index is 2.85. The van der Waals surface area contributed by atoms with Crippen LogP contribution in [-0.4, -0.2) is 6.54 Å². The van der Waals surface area contributed by atoms with Gasteiger partial charge in [0.05, 0.1) is 0 Å². The van der Waals surface area contributed by atoms with Gasteiger partial charge in [0, 0.05) is 16.9 Å². The van der Waals surface area contributed by atoms with Crippen LogP contribution in [0.1, 0.15) is 43.9 Å². The first-order valence-corrected chi connectivity index (χ1v) is 6.87. The molecule has 0 radical (unpaired) electrons. The lowest BCUT2D eigenvalue weighted by Gasteiger charge is -2.17. The van der Waals surface area contributed by atoms with Crippen LogP contribution in [-0.2, 0) is 0 Å². The van der Waals surface area contributed by atoms with Crippen LogP contribution in [0, 0.1) is 18.8 Å². The van der Waals surface area contributed by atoms with Crippen molar-refractivity contribution in [1.82, 2.24) is 5.32 Å². The van der Waals surface area contributed by atoms with E-state index in [-0.39, 0.29) is 0 Å². The first-order chi connectivity index (χ1) is 8.19.